The molecular weight excluding hydrogens is 409 g/mol. The van der Waals surface area contributed by atoms with Crippen molar-refractivity contribution in [2.75, 3.05) is 57.4 Å². The SMILES string of the molecule is O=C(c1ccccc1S(=O)(=O)N1CCOCC1)N1CCN(c2ccc(F)cc2)CC1. The summed E-state index contributed by atoms with van der Waals surface area (Å²) < 4.78 is 46.0. The molecule has 0 unspecified atom stereocenters. The molecule has 2 aliphatic heterocycles. The van der Waals surface area contributed by atoms with Crippen molar-refractivity contribution in [2.24, 2.45) is 0 Å². The molecule has 1 amide bonds. The molecule has 0 aromatic heterocycles. The Morgan fingerprint density at radius 3 is 2.17 bits per heavy atom. The second-order valence-corrected chi connectivity index (χ2v) is 9.17. The van der Waals surface area contributed by atoms with Crippen molar-refractivity contribution in [2.45, 2.75) is 4.90 Å². The minimum atomic E-state index is -3.77. The number of sulfonamides is 1. The molecule has 30 heavy (non-hydrogen) atoms. The van der Waals surface area contributed by atoms with Crippen LogP contribution in [0.3, 0.4) is 0 Å². The quantitative estimate of drug-likeness (QED) is 0.736. The number of rotatable bonds is 4. The molecule has 2 aromatic rings. The van der Waals surface area contributed by atoms with Gasteiger partial charge in [-0.3, -0.25) is 4.79 Å². The normalized spacial score (nSPS) is 18.4. The van der Waals surface area contributed by atoms with Gasteiger partial charge in [-0.05, 0) is 36.4 Å². The van der Waals surface area contributed by atoms with Crippen molar-refractivity contribution in [3.05, 3.63) is 59.9 Å². The zero-order valence-electron chi connectivity index (χ0n) is 16.5. The number of morpholine rings is 1. The fourth-order valence-electron chi connectivity index (χ4n) is 3.78. The van der Waals surface area contributed by atoms with Crippen LogP contribution in [0.2, 0.25) is 0 Å². The van der Waals surface area contributed by atoms with Crippen LogP contribution < -0.4 is 4.90 Å². The Hall–Kier alpha value is -2.49. The van der Waals surface area contributed by atoms with Crippen LogP contribution in [0.1, 0.15) is 10.4 Å². The lowest BCUT2D eigenvalue weighted by molar-refractivity contribution is 0.0722. The van der Waals surface area contributed by atoms with E-state index in [-0.39, 0.29) is 35.3 Å². The topological polar surface area (TPSA) is 70.2 Å². The molecule has 2 aliphatic rings. The van der Waals surface area contributed by atoms with Crippen molar-refractivity contribution in [3.63, 3.8) is 0 Å². The Kier molecular flexibility index (Phi) is 6.03. The standard InChI is InChI=1S/C21H24FN3O4S/c22-17-5-7-18(8-6-17)23-9-11-24(12-10-23)21(26)19-3-1-2-4-20(19)30(27,28)25-13-15-29-16-14-25/h1-8H,9-16H2. The Bertz CT molecular complexity index is 999. The van der Waals surface area contributed by atoms with Crippen molar-refractivity contribution in [1.29, 1.82) is 0 Å². The van der Waals surface area contributed by atoms with E-state index in [0.29, 0.717) is 39.4 Å². The number of piperazine rings is 1. The first-order valence-corrected chi connectivity index (χ1v) is 11.4. The highest BCUT2D eigenvalue weighted by Crippen LogP contribution is 2.24. The number of nitrogens with zero attached hydrogens (tertiary/aromatic N) is 3. The van der Waals surface area contributed by atoms with Gasteiger partial charge in [0, 0.05) is 45.0 Å². The molecule has 0 spiro atoms. The van der Waals surface area contributed by atoms with E-state index in [2.05, 4.69) is 4.90 Å². The van der Waals surface area contributed by atoms with Gasteiger partial charge in [0.2, 0.25) is 10.0 Å². The molecule has 4 rings (SSSR count). The monoisotopic (exact) mass is 433 g/mol. The van der Waals surface area contributed by atoms with Gasteiger partial charge >= 0.3 is 0 Å². The summed E-state index contributed by atoms with van der Waals surface area (Å²) in [6.07, 6.45) is 0. The van der Waals surface area contributed by atoms with E-state index in [0.717, 1.165) is 5.69 Å². The molecule has 2 heterocycles. The van der Waals surface area contributed by atoms with Crippen LogP contribution >= 0.6 is 0 Å². The van der Waals surface area contributed by atoms with Crippen molar-refractivity contribution < 1.29 is 22.3 Å². The van der Waals surface area contributed by atoms with Crippen molar-refractivity contribution in [3.8, 4) is 0 Å². The molecule has 2 fully saturated rings. The molecule has 2 saturated heterocycles. The zero-order valence-corrected chi connectivity index (χ0v) is 17.4. The summed E-state index contributed by atoms with van der Waals surface area (Å²) in [6.45, 7) is 3.36. The minimum absolute atomic E-state index is 0.0397. The number of carbonyl (C=O) groups is 1. The lowest BCUT2D eigenvalue weighted by Gasteiger charge is -2.36. The molecule has 0 atom stereocenters. The first-order valence-electron chi connectivity index (χ1n) is 9.93. The van der Waals surface area contributed by atoms with Gasteiger partial charge in [-0.1, -0.05) is 12.1 Å². The largest absolute Gasteiger partial charge is 0.379 e. The molecule has 160 valence electrons. The second-order valence-electron chi connectivity index (χ2n) is 7.27. The van der Waals surface area contributed by atoms with E-state index in [1.807, 2.05) is 0 Å². The number of carbonyl (C=O) groups excluding carboxylic acids is 1. The smallest absolute Gasteiger partial charge is 0.255 e. The Morgan fingerprint density at radius 2 is 1.50 bits per heavy atom. The van der Waals surface area contributed by atoms with Crippen molar-refractivity contribution >= 4 is 21.6 Å². The lowest BCUT2D eigenvalue weighted by Crippen LogP contribution is -2.49. The summed E-state index contributed by atoms with van der Waals surface area (Å²) in [4.78, 5) is 17.0. The van der Waals surface area contributed by atoms with E-state index < -0.39 is 10.0 Å². The van der Waals surface area contributed by atoms with E-state index >= 15 is 0 Å². The first-order chi connectivity index (χ1) is 14.5. The van der Waals surface area contributed by atoms with Crippen LogP contribution in [-0.4, -0.2) is 76.0 Å². The third-order valence-corrected chi connectivity index (χ3v) is 7.42. The predicted molar refractivity (Wildman–Crippen MR) is 111 cm³/mol. The first kappa shape index (κ1) is 20.8. The lowest BCUT2D eigenvalue weighted by atomic mass is 10.1. The zero-order chi connectivity index (χ0) is 21.1. The number of hydrogen-bond acceptors (Lipinski definition) is 5. The molecule has 7 nitrogen and oxygen atoms in total. The predicted octanol–water partition coefficient (Wildman–Crippen LogP) is 1.81. The molecule has 0 bridgehead atoms. The Balaban J connectivity index is 1.50. The number of anilines is 1. The summed E-state index contributed by atoms with van der Waals surface area (Å²) in [5.74, 6) is -0.577. The molecule has 0 saturated carbocycles. The molecule has 0 N–H and O–H groups in total. The van der Waals surface area contributed by atoms with Gasteiger partial charge in [-0.15, -0.1) is 0 Å². The van der Waals surface area contributed by atoms with Gasteiger partial charge in [-0.2, -0.15) is 4.31 Å². The van der Waals surface area contributed by atoms with Crippen LogP contribution in [0.5, 0.6) is 0 Å². The maximum absolute atomic E-state index is 13.2. The van der Waals surface area contributed by atoms with Gasteiger partial charge in [-0.25, -0.2) is 12.8 Å². The average Bonchev–Trinajstić information content (AvgIpc) is 2.80. The maximum Gasteiger partial charge on any atom is 0.255 e. The number of hydrogen-bond donors (Lipinski definition) is 0. The fourth-order valence-corrected chi connectivity index (χ4v) is 5.38. The Morgan fingerprint density at radius 1 is 0.867 bits per heavy atom. The molecule has 2 aromatic carbocycles. The van der Waals surface area contributed by atoms with E-state index in [1.54, 1.807) is 35.2 Å². The van der Waals surface area contributed by atoms with E-state index in [4.69, 9.17) is 4.74 Å². The van der Waals surface area contributed by atoms with Crippen LogP contribution in [-0.2, 0) is 14.8 Å². The van der Waals surface area contributed by atoms with Gasteiger partial charge < -0.3 is 14.5 Å². The Labute approximate surface area is 175 Å². The molecular formula is C21H24FN3O4S. The molecule has 0 aliphatic carbocycles. The number of amides is 1. The molecule has 0 radical (unpaired) electrons. The fraction of sp³-hybridized carbons (Fsp3) is 0.381. The minimum Gasteiger partial charge on any atom is -0.379 e. The highest BCUT2D eigenvalue weighted by atomic mass is 32.2. The van der Waals surface area contributed by atoms with Crippen LogP contribution in [0.4, 0.5) is 10.1 Å². The van der Waals surface area contributed by atoms with Crippen LogP contribution in [0.15, 0.2) is 53.4 Å². The van der Waals surface area contributed by atoms with E-state index in [9.17, 15) is 17.6 Å². The number of ether oxygens (including phenoxy) is 1. The third-order valence-electron chi connectivity index (χ3n) is 5.46. The maximum atomic E-state index is 13.2. The highest BCUT2D eigenvalue weighted by molar-refractivity contribution is 7.89. The summed E-state index contributed by atoms with van der Waals surface area (Å²) in [5, 5.41) is 0. The average molecular weight is 434 g/mol. The summed E-state index contributed by atoms with van der Waals surface area (Å²) in [7, 11) is -3.77. The van der Waals surface area contributed by atoms with Gasteiger partial charge in [0.15, 0.2) is 0 Å². The van der Waals surface area contributed by atoms with Crippen LogP contribution in [0, 0.1) is 5.82 Å². The molecule has 9 heteroatoms. The van der Waals surface area contributed by atoms with Crippen LogP contribution in [0.25, 0.3) is 0 Å². The van der Waals surface area contributed by atoms with Crippen molar-refractivity contribution in [1.82, 2.24) is 9.21 Å². The van der Waals surface area contributed by atoms with Gasteiger partial charge in [0.25, 0.3) is 5.91 Å². The second kappa shape index (κ2) is 8.71. The van der Waals surface area contributed by atoms with Gasteiger partial charge in [0.1, 0.15) is 5.82 Å². The summed E-state index contributed by atoms with van der Waals surface area (Å²) >= 11 is 0. The highest BCUT2D eigenvalue weighted by Gasteiger charge is 2.32. The number of benzene rings is 2. The summed E-state index contributed by atoms with van der Waals surface area (Å²) in [6, 6.07) is 12.7. The summed E-state index contributed by atoms with van der Waals surface area (Å²) in [5.41, 5.74) is 1.10. The van der Waals surface area contributed by atoms with Gasteiger partial charge in [0.05, 0.1) is 23.7 Å². The van der Waals surface area contributed by atoms with E-state index in [1.165, 1.54) is 22.5 Å². The third kappa shape index (κ3) is 4.19. The number of halogens is 1.